The summed E-state index contributed by atoms with van der Waals surface area (Å²) in [5.41, 5.74) is 9.73. The van der Waals surface area contributed by atoms with Gasteiger partial charge in [0.15, 0.2) is 0 Å². The number of benzene rings is 2. The molecule has 4 rings (SSSR count). The molecule has 266 valence electrons. The van der Waals surface area contributed by atoms with E-state index >= 15 is 0 Å². The van der Waals surface area contributed by atoms with Gasteiger partial charge in [0.2, 0.25) is 17.7 Å². The number of rotatable bonds is 10. The number of hydrogen-bond acceptors (Lipinski definition) is 8. The first-order valence-corrected chi connectivity index (χ1v) is 17.5. The van der Waals surface area contributed by atoms with Gasteiger partial charge in [-0.2, -0.15) is 0 Å². The van der Waals surface area contributed by atoms with E-state index in [1.807, 2.05) is 24.3 Å². The molecule has 0 saturated heterocycles. The Bertz CT molecular complexity index is 1590. The number of carboxylic acids is 1. The van der Waals surface area contributed by atoms with Gasteiger partial charge in [0.05, 0.1) is 11.8 Å². The first-order valence-electron chi connectivity index (χ1n) is 16.6. The number of carbonyl (C=O) groups excluding carboxylic acids is 4. The molecule has 1 aliphatic carbocycles. The van der Waals surface area contributed by atoms with E-state index < -0.39 is 52.4 Å². The SMILES string of the molecule is CC(C(=O)NC(C(=O)N1Cc2cc(N)ccc2C[C@H]1C(=O)N[C@@H]1CCCc2ccccc21)C(C)(C)SCC(=O)O)N(C)C(=O)OC(C)(C)C. The number of anilines is 1. The molecule has 12 nitrogen and oxygen atoms in total. The summed E-state index contributed by atoms with van der Waals surface area (Å²) < 4.78 is 4.28. The summed E-state index contributed by atoms with van der Waals surface area (Å²) in [7, 11) is 1.43. The number of hydrogen-bond donors (Lipinski definition) is 4. The first-order chi connectivity index (χ1) is 22.9. The fraction of sp³-hybridized carbons (Fsp3) is 0.528. The molecule has 2 unspecified atom stereocenters. The average Bonchev–Trinajstić information content (AvgIpc) is 3.03. The van der Waals surface area contributed by atoms with E-state index in [1.54, 1.807) is 46.8 Å². The molecule has 4 amide bonds. The van der Waals surface area contributed by atoms with Crippen LogP contribution in [-0.2, 0) is 43.3 Å². The molecule has 0 radical (unpaired) electrons. The largest absolute Gasteiger partial charge is 0.481 e. The highest BCUT2D eigenvalue weighted by molar-refractivity contribution is 8.01. The van der Waals surface area contributed by atoms with Crippen LogP contribution in [0.2, 0.25) is 0 Å². The molecular formula is C36H49N5O7S. The Morgan fingerprint density at radius 3 is 2.43 bits per heavy atom. The lowest BCUT2D eigenvalue weighted by molar-refractivity contribution is -0.145. The van der Waals surface area contributed by atoms with Gasteiger partial charge in [0.25, 0.3) is 0 Å². The number of nitrogens with two attached hydrogens (primary N) is 1. The zero-order valence-electron chi connectivity index (χ0n) is 29.4. The molecule has 2 aromatic rings. The zero-order chi connectivity index (χ0) is 36.3. The van der Waals surface area contributed by atoms with Gasteiger partial charge in [0.1, 0.15) is 23.7 Å². The maximum absolute atomic E-state index is 14.8. The maximum atomic E-state index is 14.8. The van der Waals surface area contributed by atoms with Gasteiger partial charge in [-0.3, -0.25) is 24.1 Å². The van der Waals surface area contributed by atoms with Crippen LogP contribution < -0.4 is 16.4 Å². The summed E-state index contributed by atoms with van der Waals surface area (Å²) in [6.45, 7) is 10.1. The van der Waals surface area contributed by atoms with Crippen LogP contribution in [0.1, 0.15) is 82.7 Å². The Morgan fingerprint density at radius 1 is 1.06 bits per heavy atom. The third-order valence-electron chi connectivity index (χ3n) is 9.07. The molecule has 0 aromatic heterocycles. The van der Waals surface area contributed by atoms with E-state index in [4.69, 9.17) is 10.5 Å². The van der Waals surface area contributed by atoms with Crippen LogP contribution in [0.15, 0.2) is 42.5 Å². The number of ether oxygens (including phenoxy) is 1. The van der Waals surface area contributed by atoms with Crippen molar-refractivity contribution in [2.45, 2.75) is 108 Å². The van der Waals surface area contributed by atoms with Crippen LogP contribution in [0.25, 0.3) is 0 Å². The molecule has 0 bridgehead atoms. The quantitative estimate of drug-likeness (QED) is 0.268. The van der Waals surface area contributed by atoms with Crippen molar-refractivity contribution < 1.29 is 33.8 Å². The number of fused-ring (bicyclic) bond motifs is 2. The topological polar surface area (TPSA) is 171 Å². The Hall–Kier alpha value is -4.26. The molecule has 2 aromatic carbocycles. The van der Waals surface area contributed by atoms with Gasteiger partial charge in [-0.25, -0.2) is 4.79 Å². The third-order valence-corrected chi connectivity index (χ3v) is 10.4. The van der Waals surface area contributed by atoms with E-state index in [-0.39, 0.29) is 30.7 Å². The van der Waals surface area contributed by atoms with Crippen molar-refractivity contribution in [2.24, 2.45) is 0 Å². The van der Waals surface area contributed by atoms with Gasteiger partial charge in [0, 0.05) is 30.4 Å². The first kappa shape index (κ1) is 37.6. The second-order valence-corrected chi connectivity index (χ2v) is 16.0. The summed E-state index contributed by atoms with van der Waals surface area (Å²) in [5, 5.41) is 15.5. The number of nitrogen functional groups attached to an aromatic ring is 1. The summed E-state index contributed by atoms with van der Waals surface area (Å²) in [5.74, 6) is -2.93. The molecule has 1 aliphatic heterocycles. The highest BCUT2D eigenvalue weighted by Gasteiger charge is 2.45. The zero-order valence-corrected chi connectivity index (χ0v) is 30.2. The monoisotopic (exact) mass is 695 g/mol. The number of aryl methyl sites for hydroxylation is 1. The van der Waals surface area contributed by atoms with Crippen molar-refractivity contribution in [3.63, 3.8) is 0 Å². The maximum Gasteiger partial charge on any atom is 0.410 e. The van der Waals surface area contributed by atoms with Crippen molar-refractivity contribution >= 4 is 47.2 Å². The lowest BCUT2D eigenvalue weighted by atomic mass is 9.87. The Kier molecular flexibility index (Phi) is 11.6. The molecule has 5 N–H and O–H groups in total. The minimum atomic E-state index is -1.27. The highest BCUT2D eigenvalue weighted by atomic mass is 32.2. The molecule has 0 saturated carbocycles. The molecule has 0 spiro atoms. The van der Waals surface area contributed by atoms with E-state index in [9.17, 15) is 29.1 Å². The van der Waals surface area contributed by atoms with E-state index in [0.29, 0.717) is 5.69 Å². The number of aliphatic carboxylic acids is 1. The summed E-state index contributed by atoms with van der Waals surface area (Å²) >= 11 is 0.994. The van der Waals surface area contributed by atoms with Gasteiger partial charge in [-0.15, -0.1) is 11.8 Å². The third kappa shape index (κ3) is 9.26. The van der Waals surface area contributed by atoms with Crippen LogP contribution in [-0.4, -0.2) is 86.0 Å². The van der Waals surface area contributed by atoms with Crippen molar-refractivity contribution in [1.82, 2.24) is 20.4 Å². The van der Waals surface area contributed by atoms with E-state index in [1.165, 1.54) is 24.4 Å². The van der Waals surface area contributed by atoms with E-state index in [2.05, 4.69) is 16.7 Å². The average molecular weight is 696 g/mol. The normalized spacial score (nSPS) is 18.6. The fourth-order valence-electron chi connectivity index (χ4n) is 6.20. The smallest absolute Gasteiger partial charge is 0.410 e. The molecule has 13 heteroatoms. The van der Waals surface area contributed by atoms with Gasteiger partial charge in [-0.05, 0) is 95.2 Å². The van der Waals surface area contributed by atoms with Crippen molar-refractivity contribution in [1.29, 1.82) is 0 Å². The minimum Gasteiger partial charge on any atom is -0.481 e. The number of nitrogens with zero attached hydrogens (tertiary/aromatic N) is 2. The molecule has 4 atom stereocenters. The summed E-state index contributed by atoms with van der Waals surface area (Å²) in [6.07, 6.45) is 2.11. The molecule has 1 heterocycles. The Balaban J connectivity index is 1.67. The number of carboxylic acid groups (broad SMARTS) is 1. The highest BCUT2D eigenvalue weighted by Crippen LogP contribution is 2.34. The van der Waals surface area contributed by atoms with Gasteiger partial charge < -0.3 is 31.1 Å². The van der Waals surface area contributed by atoms with Crippen molar-refractivity contribution in [3.8, 4) is 0 Å². The number of likely N-dealkylation sites (N-methyl/N-ethyl adjacent to an activating group) is 1. The van der Waals surface area contributed by atoms with Crippen LogP contribution >= 0.6 is 11.8 Å². The van der Waals surface area contributed by atoms with Crippen LogP contribution in [0.3, 0.4) is 0 Å². The lowest BCUT2D eigenvalue weighted by Crippen LogP contribution is -2.64. The number of nitrogens with one attached hydrogen (secondary N) is 2. The number of carbonyl (C=O) groups is 5. The lowest BCUT2D eigenvalue weighted by Gasteiger charge is -2.42. The predicted octanol–water partition coefficient (Wildman–Crippen LogP) is 4.05. The predicted molar refractivity (Wildman–Crippen MR) is 189 cm³/mol. The molecular weight excluding hydrogens is 646 g/mol. The van der Waals surface area contributed by atoms with Crippen molar-refractivity contribution in [2.75, 3.05) is 18.5 Å². The summed E-state index contributed by atoms with van der Waals surface area (Å²) in [4.78, 5) is 69.7. The minimum absolute atomic E-state index is 0.0535. The Labute approximate surface area is 292 Å². The van der Waals surface area contributed by atoms with Crippen LogP contribution in [0.4, 0.5) is 10.5 Å². The number of thioether (sulfide) groups is 1. The number of amides is 4. The van der Waals surface area contributed by atoms with Gasteiger partial charge >= 0.3 is 12.1 Å². The van der Waals surface area contributed by atoms with Gasteiger partial charge in [-0.1, -0.05) is 30.3 Å². The fourth-order valence-corrected chi connectivity index (χ4v) is 7.02. The standard InChI is InChI=1S/C36H49N5O7S/c1-21(40(7)34(47)48-35(2,3)4)31(44)39-30(36(5,6)49-20-29(42)43)33(46)41-19-24-17-25(37)16-15-23(24)18-28(41)32(45)38-27-14-10-12-22-11-8-9-13-26(22)27/h8-9,11,13,15-17,21,27-28,30H,10,12,14,18-20,37H2,1-7H3,(H,38,45)(H,39,44)(H,42,43)/t21?,27-,28+,30?/m1/s1. The van der Waals surface area contributed by atoms with Crippen LogP contribution in [0, 0.1) is 0 Å². The van der Waals surface area contributed by atoms with Crippen LogP contribution in [0.5, 0.6) is 0 Å². The summed E-state index contributed by atoms with van der Waals surface area (Å²) in [6, 6.07) is 9.97. The molecule has 0 fully saturated rings. The Morgan fingerprint density at radius 2 is 1.76 bits per heavy atom. The molecule has 49 heavy (non-hydrogen) atoms. The second kappa shape index (κ2) is 15.1. The van der Waals surface area contributed by atoms with Crippen molar-refractivity contribution in [3.05, 3.63) is 64.7 Å². The van der Waals surface area contributed by atoms with E-state index in [0.717, 1.165) is 52.6 Å². The second-order valence-electron chi connectivity index (χ2n) is 14.4. The molecule has 2 aliphatic rings.